The van der Waals surface area contributed by atoms with Crippen LogP contribution in [0.4, 0.5) is 0 Å². The van der Waals surface area contributed by atoms with Crippen LogP contribution in [0.3, 0.4) is 0 Å². The Morgan fingerprint density at radius 3 is 1.82 bits per heavy atom. The number of carbonyl (C=O) groups is 3. The maximum absolute atomic E-state index is 13.5. The van der Waals surface area contributed by atoms with Crippen LogP contribution in [-0.4, -0.2) is 42.9 Å². The van der Waals surface area contributed by atoms with Gasteiger partial charge in [-0.15, -0.1) is 0 Å². The number of benzene rings is 3. The Morgan fingerprint density at radius 1 is 0.794 bits per heavy atom. The third-order valence-electron chi connectivity index (χ3n) is 7.39. The van der Waals surface area contributed by atoms with Gasteiger partial charge in [0.05, 0.1) is 31.1 Å². The zero-order chi connectivity index (χ0) is 23.4. The highest BCUT2D eigenvalue weighted by Gasteiger charge is 2.61. The van der Waals surface area contributed by atoms with Crippen molar-refractivity contribution in [2.45, 2.75) is 11.8 Å². The molecule has 170 valence electrons. The molecule has 0 saturated carbocycles. The van der Waals surface area contributed by atoms with Crippen LogP contribution in [0.5, 0.6) is 5.75 Å². The molecule has 6 heteroatoms. The van der Waals surface area contributed by atoms with E-state index >= 15 is 0 Å². The van der Waals surface area contributed by atoms with Gasteiger partial charge in [0.15, 0.2) is 0 Å². The largest absolute Gasteiger partial charge is 0.497 e. The van der Waals surface area contributed by atoms with Crippen molar-refractivity contribution in [3.8, 4) is 5.75 Å². The molecule has 1 aliphatic heterocycles. The molecule has 6 nitrogen and oxygen atoms in total. The Bertz CT molecular complexity index is 1220. The summed E-state index contributed by atoms with van der Waals surface area (Å²) in [7, 11) is 1.53. The first-order chi connectivity index (χ1) is 16.6. The number of likely N-dealkylation sites (tertiary alicyclic amines) is 1. The van der Waals surface area contributed by atoms with Crippen molar-refractivity contribution >= 4 is 17.8 Å². The summed E-state index contributed by atoms with van der Waals surface area (Å²) in [6, 6.07) is 23.0. The number of amides is 2. The Balaban J connectivity index is 1.25. The highest BCUT2D eigenvalue weighted by atomic mass is 16.5. The fourth-order valence-electron chi connectivity index (χ4n) is 6.02. The minimum Gasteiger partial charge on any atom is -0.497 e. The number of nitrogens with zero attached hydrogens (tertiary/aromatic N) is 1. The summed E-state index contributed by atoms with van der Waals surface area (Å²) in [5.74, 6) is -1.43. The second-order valence-electron chi connectivity index (χ2n) is 8.96. The maximum atomic E-state index is 13.5. The molecular weight excluding hydrogens is 430 g/mol. The summed E-state index contributed by atoms with van der Waals surface area (Å²) in [5, 5.41) is 0. The molecule has 34 heavy (non-hydrogen) atoms. The molecule has 2 atom stereocenters. The van der Waals surface area contributed by atoms with Crippen molar-refractivity contribution in [3.05, 3.63) is 101 Å². The molecule has 1 heterocycles. The van der Waals surface area contributed by atoms with Crippen LogP contribution in [0.1, 0.15) is 44.4 Å². The molecule has 1 fully saturated rings. The minimum atomic E-state index is -0.518. The summed E-state index contributed by atoms with van der Waals surface area (Å²) in [4.78, 5) is 40.8. The molecule has 0 unspecified atom stereocenters. The average Bonchev–Trinajstić information content (AvgIpc) is 3.14. The summed E-state index contributed by atoms with van der Waals surface area (Å²) in [5.41, 5.74) is 4.91. The van der Waals surface area contributed by atoms with E-state index < -0.39 is 17.8 Å². The van der Waals surface area contributed by atoms with E-state index in [-0.39, 0.29) is 36.8 Å². The van der Waals surface area contributed by atoms with Gasteiger partial charge in [0, 0.05) is 11.8 Å². The van der Waals surface area contributed by atoms with Crippen LogP contribution in [-0.2, 0) is 14.3 Å². The van der Waals surface area contributed by atoms with Crippen LogP contribution < -0.4 is 4.74 Å². The molecule has 4 aliphatic rings. The number of hydrogen-bond donors (Lipinski definition) is 0. The van der Waals surface area contributed by atoms with Gasteiger partial charge < -0.3 is 9.47 Å². The quantitative estimate of drug-likeness (QED) is 0.435. The normalized spacial score (nSPS) is 23.9. The van der Waals surface area contributed by atoms with Gasteiger partial charge in [0.25, 0.3) is 0 Å². The van der Waals surface area contributed by atoms with Crippen molar-refractivity contribution in [1.82, 2.24) is 4.90 Å². The molecule has 0 N–H and O–H groups in total. The predicted molar refractivity (Wildman–Crippen MR) is 124 cm³/mol. The van der Waals surface area contributed by atoms with E-state index in [0.29, 0.717) is 11.3 Å². The number of imide groups is 1. The fraction of sp³-hybridized carbons (Fsp3) is 0.250. The van der Waals surface area contributed by atoms with Crippen molar-refractivity contribution in [3.63, 3.8) is 0 Å². The number of esters is 1. The zero-order valence-corrected chi connectivity index (χ0v) is 18.6. The Morgan fingerprint density at radius 2 is 1.32 bits per heavy atom. The molecule has 3 aromatic carbocycles. The second kappa shape index (κ2) is 7.83. The minimum absolute atomic E-state index is 0.0481. The van der Waals surface area contributed by atoms with Crippen molar-refractivity contribution in [2.24, 2.45) is 11.8 Å². The lowest BCUT2D eigenvalue weighted by molar-refractivity contribution is -0.140. The highest BCUT2D eigenvalue weighted by molar-refractivity contribution is 6.07. The third-order valence-corrected chi connectivity index (χ3v) is 7.39. The summed E-state index contributed by atoms with van der Waals surface area (Å²) in [6.07, 6.45) is 0. The first-order valence-corrected chi connectivity index (χ1v) is 11.4. The van der Waals surface area contributed by atoms with E-state index in [0.717, 1.165) is 22.3 Å². The molecule has 0 spiro atoms. The van der Waals surface area contributed by atoms with E-state index in [9.17, 15) is 14.4 Å². The van der Waals surface area contributed by atoms with E-state index in [2.05, 4.69) is 24.3 Å². The van der Waals surface area contributed by atoms with Crippen molar-refractivity contribution in [2.75, 3.05) is 20.3 Å². The Labute approximate surface area is 197 Å². The lowest BCUT2D eigenvalue weighted by Gasteiger charge is -2.45. The average molecular weight is 453 g/mol. The summed E-state index contributed by atoms with van der Waals surface area (Å²) < 4.78 is 10.5. The lowest BCUT2D eigenvalue weighted by Crippen LogP contribution is -2.41. The molecule has 0 aromatic heterocycles. The van der Waals surface area contributed by atoms with Crippen LogP contribution in [0.15, 0.2) is 72.8 Å². The van der Waals surface area contributed by atoms with Crippen LogP contribution in [0.2, 0.25) is 0 Å². The number of methoxy groups -OCH3 is 1. The molecule has 0 radical (unpaired) electrons. The summed E-state index contributed by atoms with van der Waals surface area (Å²) in [6.45, 7) is -0.00526. The van der Waals surface area contributed by atoms with E-state index in [1.54, 1.807) is 24.3 Å². The smallest absolute Gasteiger partial charge is 0.338 e. The van der Waals surface area contributed by atoms with E-state index in [4.69, 9.17) is 9.47 Å². The van der Waals surface area contributed by atoms with Gasteiger partial charge in [0.1, 0.15) is 12.4 Å². The number of rotatable bonds is 5. The number of ether oxygens (including phenoxy) is 2. The monoisotopic (exact) mass is 453 g/mol. The van der Waals surface area contributed by atoms with Gasteiger partial charge in [-0.3, -0.25) is 14.5 Å². The fourth-order valence-corrected chi connectivity index (χ4v) is 6.02. The van der Waals surface area contributed by atoms with Crippen LogP contribution in [0, 0.1) is 11.8 Å². The third kappa shape index (κ3) is 2.91. The first kappa shape index (κ1) is 20.7. The van der Waals surface area contributed by atoms with Gasteiger partial charge in [-0.2, -0.15) is 0 Å². The van der Waals surface area contributed by atoms with Crippen LogP contribution in [0.25, 0.3) is 0 Å². The molecule has 7 rings (SSSR count). The number of carbonyl (C=O) groups excluding carboxylic acids is 3. The molecular formula is C28H23NO5. The second-order valence-corrected chi connectivity index (χ2v) is 8.96. The molecule has 2 amide bonds. The zero-order valence-electron chi connectivity index (χ0n) is 18.6. The highest BCUT2D eigenvalue weighted by Crippen LogP contribution is 2.60. The molecule has 3 aromatic rings. The van der Waals surface area contributed by atoms with Crippen molar-refractivity contribution < 1.29 is 23.9 Å². The molecule has 2 bridgehead atoms. The predicted octanol–water partition coefficient (Wildman–Crippen LogP) is 3.74. The Hall–Kier alpha value is -3.93. The van der Waals surface area contributed by atoms with Crippen molar-refractivity contribution in [1.29, 1.82) is 0 Å². The van der Waals surface area contributed by atoms with E-state index in [1.165, 1.54) is 12.0 Å². The van der Waals surface area contributed by atoms with Gasteiger partial charge in [-0.25, -0.2) is 4.79 Å². The first-order valence-electron chi connectivity index (χ1n) is 11.4. The van der Waals surface area contributed by atoms with Crippen LogP contribution >= 0.6 is 0 Å². The van der Waals surface area contributed by atoms with Gasteiger partial charge >= 0.3 is 5.97 Å². The topological polar surface area (TPSA) is 72.9 Å². The van der Waals surface area contributed by atoms with E-state index in [1.807, 2.05) is 24.3 Å². The van der Waals surface area contributed by atoms with Gasteiger partial charge in [-0.1, -0.05) is 54.6 Å². The Kier molecular flexibility index (Phi) is 4.76. The van der Waals surface area contributed by atoms with Gasteiger partial charge in [-0.05, 0) is 40.5 Å². The number of hydrogen-bond acceptors (Lipinski definition) is 5. The summed E-state index contributed by atoms with van der Waals surface area (Å²) >= 11 is 0. The standard InChI is InChI=1S/C28H23NO5/c1-33-17-8-6-7-16(15-17)28(32)34-14-13-29-26(30)24-22-18-9-2-3-10-19(18)23(25(24)27(29)31)21-12-5-4-11-20(21)22/h2-12,15,22-25H,13-14H2,1H3/t22?,23?,24-,25-/m0/s1. The SMILES string of the molecule is COc1cccc(C(=O)OCCN2C(=O)[C@H]3C4c5ccccc5C(c5ccccc54)[C@@H]3C2=O)c1. The van der Waals surface area contributed by atoms with Gasteiger partial charge in [0.2, 0.25) is 11.8 Å². The molecule has 1 saturated heterocycles. The molecule has 3 aliphatic carbocycles. The lowest BCUT2D eigenvalue weighted by atomic mass is 9.55. The maximum Gasteiger partial charge on any atom is 0.338 e.